The van der Waals surface area contributed by atoms with Gasteiger partial charge in [0.1, 0.15) is 5.82 Å². The minimum atomic E-state index is -0.432. The van der Waals surface area contributed by atoms with Gasteiger partial charge in [0, 0.05) is 18.7 Å². The lowest BCUT2D eigenvalue weighted by atomic mass is 10.2. The topological polar surface area (TPSA) is 49.4 Å². The van der Waals surface area contributed by atoms with Gasteiger partial charge >= 0.3 is 0 Å². The molecule has 1 aromatic rings. The third-order valence-corrected chi connectivity index (χ3v) is 3.65. The number of hydrogen-bond donors (Lipinski definition) is 1. The molecule has 0 saturated carbocycles. The number of halogens is 2. The van der Waals surface area contributed by atoms with Crippen molar-refractivity contribution in [1.82, 2.24) is 4.90 Å². The summed E-state index contributed by atoms with van der Waals surface area (Å²) < 4.78 is 13.8. The van der Waals surface area contributed by atoms with Crippen molar-refractivity contribution in [1.29, 1.82) is 0 Å². The Hall–Kier alpha value is -1.43. The minimum Gasteiger partial charge on any atom is -0.333 e. The number of nitrogens with one attached hydrogen (secondary N) is 1. The number of likely N-dealkylation sites (tertiary alicyclic amines) is 1. The average Bonchev–Trinajstić information content (AvgIpc) is 2.72. The highest BCUT2D eigenvalue weighted by molar-refractivity contribution is 9.10. The van der Waals surface area contributed by atoms with E-state index in [4.69, 9.17) is 0 Å². The Morgan fingerprint density at radius 2 is 2.26 bits per heavy atom. The first-order valence-corrected chi connectivity index (χ1v) is 6.80. The lowest BCUT2D eigenvalue weighted by Gasteiger charge is -2.16. The molecule has 4 nitrogen and oxygen atoms in total. The van der Waals surface area contributed by atoms with Crippen LogP contribution in [-0.2, 0) is 9.59 Å². The maximum Gasteiger partial charge on any atom is 0.244 e. The molecule has 1 aliphatic rings. The Labute approximate surface area is 119 Å². The van der Waals surface area contributed by atoms with Gasteiger partial charge in [-0.25, -0.2) is 4.39 Å². The van der Waals surface area contributed by atoms with Crippen molar-refractivity contribution in [2.75, 3.05) is 18.4 Å². The minimum absolute atomic E-state index is 0.00569. The molecule has 0 radical (unpaired) electrons. The van der Waals surface area contributed by atoms with Crippen molar-refractivity contribution >= 4 is 33.4 Å². The van der Waals surface area contributed by atoms with Crippen LogP contribution in [0.25, 0.3) is 0 Å². The molecular formula is C13H14BrFN2O2. The molecule has 1 heterocycles. The first-order chi connectivity index (χ1) is 8.97. The molecule has 0 bridgehead atoms. The fourth-order valence-electron chi connectivity index (χ4n) is 2.02. The number of hydrogen-bond acceptors (Lipinski definition) is 2. The molecule has 2 rings (SSSR count). The zero-order valence-corrected chi connectivity index (χ0v) is 12.1. The van der Waals surface area contributed by atoms with Crippen LogP contribution < -0.4 is 5.32 Å². The zero-order valence-electron chi connectivity index (χ0n) is 10.5. The van der Waals surface area contributed by atoms with Crippen molar-refractivity contribution < 1.29 is 14.0 Å². The summed E-state index contributed by atoms with van der Waals surface area (Å²) >= 11 is 3.08. The second-order valence-electron chi connectivity index (χ2n) is 4.55. The van der Waals surface area contributed by atoms with Crippen LogP contribution in [0.2, 0.25) is 0 Å². The summed E-state index contributed by atoms with van der Waals surface area (Å²) in [7, 11) is 0. The smallest absolute Gasteiger partial charge is 0.244 e. The molecule has 1 aromatic carbocycles. The number of amides is 2. The predicted octanol–water partition coefficient (Wildman–Crippen LogP) is 2.46. The zero-order chi connectivity index (χ0) is 14.0. The highest BCUT2D eigenvalue weighted by Crippen LogP contribution is 2.24. The Bertz CT molecular complexity index is 534. The number of benzene rings is 1. The summed E-state index contributed by atoms with van der Waals surface area (Å²) in [5.41, 5.74) is 1.19. The van der Waals surface area contributed by atoms with Gasteiger partial charge in [-0.15, -0.1) is 0 Å². The summed E-state index contributed by atoms with van der Waals surface area (Å²) in [6, 6.07) is 2.87. The second-order valence-corrected chi connectivity index (χ2v) is 5.40. The number of aryl methyl sites for hydroxylation is 1. The van der Waals surface area contributed by atoms with Crippen LogP contribution in [0.3, 0.4) is 0 Å². The number of anilines is 1. The maximum absolute atomic E-state index is 13.4. The van der Waals surface area contributed by atoms with Crippen LogP contribution in [0.15, 0.2) is 16.6 Å². The van der Waals surface area contributed by atoms with E-state index >= 15 is 0 Å². The van der Waals surface area contributed by atoms with Gasteiger partial charge in [0.05, 0.1) is 11.0 Å². The van der Waals surface area contributed by atoms with E-state index in [1.807, 2.05) is 0 Å². The lowest BCUT2D eigenvalue weighted by molar-refractivity contribution is -0.131. The SMILES string of the molecule is Cc1cc(Br)c(F)cc1NC(=O)CN1CCCC1=O. The monoisotopic (exact) mass is 328 g/mol. The number of nitrogens with zero attached hydrogens (tertiary/aromatic N) is 1. The molecular weight excluding hydrogens is 315 g/mol. The van der Waals surface area contributed by atoms with E-state index in [0.29, 0.717) is 23.1 Å². The molecule has 0 spiro atoms. The molecule has 0 aromatic heterocycles. The summed E-state index contributed by atoms with van der Waals surface area (Å²) in [6.07, 6.45) is 1.29. The van der Waals surface area contributed by atoms with Crippen LogP contribution in [0, 0.1) is 12.7 Å². The Morgan fingerprint density at radius 1 is 1.53 bits per heavy atom. The number of carbonyl (C=O) groups excluding carboxylic acids is 2. The molecule has 6 heteroatoms. The van der Waals surface area contributed by atoms with E-state index in [0.717, 1.165) is 12.0 Å². The second kappa shape index (κ2) is 5.69. The van der Waals surface area contributed by atoms with Crippen LogP contribution >= 0.6 is 15.9 Å². The first kappa shape index (κ1) is 14.0. The maximum atomic E-state index is 13.4. The molecule has 102 valence electrons. The van der Waals surface area contributed by atoms with Gasteiger partial charge in [-0.05, 0) is 47.0 Å². The molecule has 1 fully saturated rings. The van der Waals surface area contributed by atoms with Crippen molar-refractivity contribution in [3.63, 3.8) is 0 Å². The van der Waals surface area contributed by atoms with Gasteiger partial charge < -0.3 is 10.2 Å². The average molecular weight is 329 g/mol. The molecule has 1 N–H and O–H groups in total. The molecule has 0 aliphatic carbocycles. The summed E-state index contributed by atoms with van der Waals surface area (Å²) in [4.78, 5) is 24.7. The highest BCUT2D eigenvalue weighted by Gasteiger charge is 2.22. The van der Waals surface area contributed by atoms with Crippen molar-refractivity contribution in [3.8, 4) is 0 Å². The van der Waals surface area contributed by atoms with E-state index in [2.05, 4.69) is 21.2 Å². The molecule has 0 unspecified atom stereocenters. The quantitative estimate of drug-likeness (QED) is 0.926. The van der Waals surface area contributed by atoms with E-state index in [1.54, 1.807) is 13.0 Å². The standard InChI is InChI=1S/C13H14BrFN2O2/c1-8-5-9(14)10(15)6-11(8)16-12(18)7-17-4-2-3-13(17)19/h5-6H,2-4,7H2,1H3,(H,16,18). The fraction of sp³-hybridized carbons (Fsp3) is 0.385. The van der Waals surface area contributed by atoms with Crippen molar-refractivity contribution in [2.24, 2.45) is 0 Å². The third kappa shape index (κ3) is 3.32. The van der Waals surface area contributed by atoms with E-state index < -0.39 is 5.82 Å². The van der Waals surface area contributed by atoms with Gasteiger partial charge in [-0.2, -0.15) is 0 Å². The van der Waals surface area contributed by atoms with Crippen LogP contribution in [-0.4, -0.2) is 29.8 Å². The van der Waals surface area contributed by atoms with Crippen molar-refractivity contribution in [3.05, 3.63) is 28.0 Å². The summed E-state index contributed by atoms with van der Waals surface area (Å²) in [5, 5.41) is 2.63. The predicted molar refractivity (Wildman–Crippen MR) is 73.3 cm³/mol. The molecule has 19 heavy (non-hydrogen) atoms. The van der Waals surface area contributed by atoms with Crippen LogP contribution in [0.4, 0.5) is 10.1 Å². The normalized spacial score (nSPS) is 14.9. The van der Waals surface area contributed by atoms with E-state index in [-0.39, 0.29) is 18.4 Å². The van der Waals surface area contributed by atoms with Crippen molar-refractivity contribution in [2.45, 2.75) is 19.8 Å². The van der Waals surface area contributed by atoms with E-state index in [9.17, 15) is 14.0 Å². The largest absolute Gasteiger partial charge is 0.333 e. The molecule has 1 saturated heterocycles. The molecule has 2 amide bonds. The number of rotatable bonds is 3. The lowest BCUT2D eigenvalue weighted by Crippen LogP contribution is -2.34. The van der Waals surface area contributed by atoms with Crippen LogP contribution in [0.1, 0.15) is 18.4 Å². The van der Waals surface area contributed by atoms with Gasteiger partial charge in [0.15, 0.2) is 0 Å². The van der Waals surface area contributed by atoms with E-state index in [1.165, 1.54) is 11.0 Å². The highest BCUT2D eigenvalue weighted by atomic mass is 79.9. The number of carbonyl (C=O) groups is 2. The summed E-state index contributed by atoms with van der Waals surface area (Å²) in [5.74, 6) is -0.743. The fourth-order valence-corrected chi connectivity index (χ4v) is 2.47. The van der Waals surface area contributed by atoms with Crippen LogP contribution in [0.5, 0.6) is 0 Å². The Balaban J connectivity index is 2.02. The van der Waals surface area contributed by atoms with Gasteiger partial charge in [0.2, 0.25) is 11.8 Å². The Kier molecular flexibility index (Phi) is 4.19. The molecule has 0 atom stereocenters. The molecule has 1 aliphatic heterocycles. The summed E-state index contributed by atoms with van der Waals surface area (Å²) in [6.45, 7) is 2.41. The van der Waals surface area contributed by atoms with Gasteiger partial charge in [0.25, 0.3) is 0 Å². The van der Waals surface area contributed by atoms with Gasteiger partial charge in [-0.1, -0.05) is 0 Å². The first-order valence-electron chi connectivity index (χ1n) is 6.00. The Morgan fingerprint density at radius 3 is 2.89 bits per heavy atom. The van der Waals surface area contributed by atoms with Gasteiger partial charge in [-0.3, -0.25) is 9.59 Å². The third-order valence-electron chi connectivity index (χ3n) is 3.05.